The van der Waals surface area contributed by atoms with Crippen LogP contribution >= 0.6 is 11.3 Å². The highest BCUT2D eigenvalue weighted by atomic mass is 32.1. The fourth-order valence-electron chi connectivity index (χ4n) is 5.61. The lowest BCUT2D eigenvalue weighted by atomic mass is 10.0. The smallest absolute Gasteiger partial charge is 0.246 e. The molecule has 192 valence electrons. The largest absolute Gasteiger partial charge is 0.393 e. The van der Waals surface area contributed by atoms with Crippen molar-refractivity contribution in [2.75, 3.05) is 36.4 Å². The van der Waals surface area contributed by atoms with Crippen LogP contribution in [0, 0.1) is 0 Å². The number of aromatic amines is 1. The molecule has 0 bridgehead atoms. The molecule has 4 heterocycles. The number of H-pyrrole nitrogens is 1. The van der Waals surface area contributed by atoms with Gasteiger partial charge in [-0.3, -0.25) is 14.8 Å². The molecular weight excluding hydrogens is 482 g/mol. The van der Waals surface area contributed by atoms with Crippen LogP contribution < -0.4 is 10.2 Å². The van der Waals surface area contributed by atoms with Gasteiger partial charge in [0.15, 0.2) is 0 Å². The number of benzene rings is 2. The Morgan fingerprint density at radius 2 is 1.81 bits per heavy atom. The van der Waals surface area contributed by atoms with Crippen molar-refractivity contribution in [2.45, 2.75) is 44.2 Å². The average molecular weight is 516 g/mol. The van der Waals surface area contributed by atoms with E-state index in [1.165, 1.54) is 12.1 Å². The van der Waals surface area contributed by atoms with Gasteiger partial charge in [-0.15, -0.1) is 0 Å². The molecule has 0 aliphatic carbocycles. The van der Waals surface area contributed by atoms with E-state index in [9.17, 15) is 9.90 Å². The third-order valence-electron chi connectivity index (χ3n) is 7.66. The van der Waals surface area contributed by atoms with Crippen molar-refractivity contribution in [1.29, 1.82) is 0 Å². The quantitative estimate of drug-likeness (QED) is 0.319. The summed E-state index contributed by atoms with van der Waals surface area (Å²) in [6.07, 6.45) is 4.95. The van der Waals surface area contributed by atoms with E-state index in [2.05, 4.69) is 61.0 Å². The number of hydrogen-bond acceptors (Lipinski definition) is 6. The van der Waals surface area contributed by atoms with Crippen LogP contribution in [-0.4, -0.2) is 58.4 Å². The summed E-state index contributed by atoms with van der Waals surface area (Å²) in [6.45, 7) is 3.65. The predicted octanol–water partition coefficient (Wildman–Crippen LogP) is 5.42. The van der Waals surface area contributed by atoms with Gasteiger partial charge in [0.25, 0.3) is 0 Å². The zero-order chi connectivity index (χ0) is 25.2. The minimum atomic E-state index is -0.269. The Bertz CT molecular complexity index is 1340. The summed E-state index contributed by atoms with van der Waals surface area (Å²) in [7, 11) is 0. The van der Waals surface area contributed by atoms with Crippen LogP contribution in [0.4, 0.5) is 11.4 Å². The molecule has 1 unspecified atom stereocenters. The number of anilines is 2. The van der Waals surface area contributed by atoms with Crippen molar-refractivity contribution in [2.24, 2.45) is 0 Å². The number of fused-ring (bicyclic) bond motifs is 1. The normalized spacial score (nSPS) is 18.2. The molecule has 2 fully saturated rings. The van der Waals surface area contributed by atoms with Crippen LogP contribution in [-0.2, 0) is 4.79 Å². The molecule has 4 aromatic rings. The van der Waals surface area contributed by atoms with E-state index in [-0.39, 0.29) is 18.1 Å². The first-order valence-corrected chi connectivity index (χ1v) is 14.2. The number of rotatable bonds is 6. The van der Waals surface area contributed by atoms with Crippen LogP contribution in [0.5, 0.6) is 0 Å². The Balaban J connectivity index is 1.23. The Morgan fingerprint density at radius 3 is 2.54 bits per heavy atom. The lowest BCUT2D eigenvalue weighted by molar-refractivity contribution is -0.121. The molecular formula is C29H33N5O2S. The molecule has 2 aromatic carbocycles. The molecule has 0 spiro atoms. The summed E-state index contributed by atoms with van der Waals surface area (Å²) in [5, 5.41) is 25.9. The second-order valence-electron chi connectivity index (χ2n) is 10.1. The van der Waals surface area contributed by atoms with Gasteiger partial charge in [-0.2, -0.15) is 16.4 Å². The summed E-state index contributed by atoms with van der Waals surface area (Å²) in [4.78, 5) is 18.2. The first kappa shape index (κ1) is 24.2. The highest BCUT2D eigenvalue weighted by Gasteiger charge is 2.29. The van der Waals surface area contributed by atoms with E-state index in [1.807, 2.05) is 23.6 Å². The molecule has 6 rings (SSSR count). The molecule has 0 saturated carbocycles. The Kier molecular flexibility index (Phi) is 6.95. The summed E-state index contributed by atoms with van der Waals surface area (Å²) in [5.74, 6) is 0.0145. The van der Waals surface area contributed by atoms with Gasteiger partial charge >= 0.3 is 0 Å². The Morgan fingerprint density at radius 1 is 1.03 bits per heavy atom. The molecule has 37 heavy (non-hydrogen) atoms. The summed E-state index contributed by atoms with van der Waals surface area (Å²) in [6, 6.07) is 16.2. The minimum Gasteiger partial charge on any atom is -0.393 e. The SMILES string of the molecule is O=C(Nc1ccc2[nH]nc(-c3ccc(N4CCC(O)CC4)cc3)c2c1)C(c1ccsc1)N1CCCCC1. The zero-order valence-electron chi connectivity index (χ0n) is 20.9. The average Bonchev–Trinajstić information content (AvgIpc) is 3.60. The second-order valence-corrected chi connectivity index (χ2v) is 10.9. The van der Waals surface area contributed by atoms with E-state index in [4.69, 9.17) is 0 Å². The fourth-order valence-corrected chi connectivity index (χ4v) is 6.29. The molecule has 0 radical (unpaired) electrons. The summed E-state index contributed by atoms with van der Waals surface area (Å²) >= 11 is 1.64. The van der Waals surface area contributed by atoms with Crippen molar-refractivity contribution >= 4 is 39.5 Å². The minimum absolute atomic E-state index is 0.0145. The van der Waals surface area contributed by atoms with Crippen molar-refractivity contribution < 1.29 is 9.90 Å². The van der Waals surface area contributed by atoms with Gasteiger partial charge in [0.1, 0.15) is 6.04 Å². The monoisotopic (exact) mass is 515 g/mol. The van der Waals surface area contributed by atoms with E-state index < -0.39 is 0 Å². The summed E-state index contributed by atoms with van der Waals surface area (Å²) < 4.78 is 0. The number of amides is 1. The number of aliphatic hydroxyl groups is 1. The van der Waals surface area contributed by atoms with Crippen LogP contribution in [0.25, 0.3) is 22.2 Å². The third-order valence-corrected chi connectivity index (χ3v) is 8.37. The van der Waals surface area contributed by atoms with E-state index in [0.717, 1.165) is 85.3 Å². The molecule has 7 nitrogen and oxygen atoms in total. The Labute approximate surface area is 221 Å². The number of nitrogens with one attached hydrogen (secondary N) is 2. The van der Waals surface area contributed by atoms with Crippen LogP contribution in [0.2, 0.25) is 0 Å². The van der Waals surface area contributed by atoms with Gasteiger partial charge < -0.3 is 15.3 Å². The van der Waals surface area contributed by atoms with Gasteiger partial charge in [0, 0.05) is 35.4 Å². The number of aliphatic hydroxyl groups excluding tert-OH is 1. The number of aromatic nitrogens is 2. The molecule has 2 aromatic heterocycles. The van der Waals surface area contributed by atoms with Gasteiger partial charge in [-0.05, 0) is 91.5 Å². The molecule has 1 atom stereocenters. The van der Waals surface area contributed by atoms with Crippen LogP contribution in [0.15, 0.2) is 59.3 Å². The number of carbonyl (C=O) groups is 1. The first-order chi connectivity index (χ1) is 18.2. The maximum absolute atomic E-state index is 13.6. The number of likely N-dealkylation sites (tertiary alicyclic amines) is 1. The highest BCUT2D eigenvalue weighted by Crippen LogP contribution is 2.32. The van der Waals surface area contributed by atoms with Crippen LogP contribution in [0.3, 0.4) is 0 Å². The molecule has 8 heteroatoms. The van der Waals surface area contributed by atoms with Crippen LogP contribution in [0.1, 0.15) is 43.7 Å². The zero-order valence-corrected chi connectivity index (χ0v) is 21.7. The predicted molar refractivity (Wildman–Crippen MR) is 150 cm³/mol. The van der Waals surface area contributed by atoms with Crippen molar-refractivity contribution in [3.05, 3.63) is 64.9 Å². The van der Waals surface area contributed by atoms with E-state index >= 15 is 0 Å². The lowest BCUT2D eigenvalue weighted by Crippen LogP contribution is -2.40. The fraction of sp³-hybridized carbons (Fsp3) is 0.379. The van der Waals surface area contributed by atoms with Crippen molar-refractivity contribution in [1.82, 2.24) is 15.1 Å². The van der Waals surface area contributed by atoms with Crippen molar-refractivity contribution in [3.63, 3.8) is 0 Å². The van der Waals surface area contributed by atoms with E-state index in [1.54, 1.807) is 11.3 Å². The molecule has 2 saturated heterocycles. The number of thiophene rings is 1. The standard InChI is InChI=1S/C29H33N5O2S/c35-24-10-15-33(16-11-24)23-7-4-20(5-8-23)27-25-18-22(6-9-26(25)31-32-27)30-29(36)28(21-12-17-37-19-21)34-13-2-1-3-14-34/h4-9,12,17-19,24,28,35H,1-3,10-11,13-16H2,(H,30,36)(H,31,32). The third kappa shape index (κ3) is 5.14. The number of nitrogens with zero attached hydrogens (tertiary/aromatic N) is 3. The van der Waals surface area contributed by atoms with Gasteiger partial charge in [0.2, 0.25) is 5.91 Å². The molecule has 1 amide bonds. The molecule has 3 N–H and O–H groups in total. The molecule has 2 aliphatic rings. The Hall–Kier alpha value is -3.20. The maximum Gasteiger partial charge on any atom is 0.246 e. The molecule has 2 aliphatic heterocycles. The summed E-state index contributed by atoms with van der Waals surface area (Å²) in [5.41, 5.74) is 5.85. The number of piperidine rings is 2. The number of carbonyl (C=O) groups excluding carboxylic acids is 1. The number of hydrogen-bond donors (Lipinski definition) is 3. The van der Waals surface area contributed by atoms with Gasteiger partial charge in [0.05, 0.1) is 17.3 Å². The van der Waals surface area contributed by atoms with Gasteiger partial charge in [-0.1, -0.05) is 18.6 Å². The van der Waals surface area contributed by atoms with Crippen molar-refractivity contribution in [3.8, 4) is 11.3 Å². The van der Waals surface area contributed by atoms with E-state index in [0.29, 0.717) is 0 Å². The first-order valence-electron chi connectivity index (χ1n) is 13.2. The topological polar surface area (TPSA) is 84.5 Å². The second kappa shape index (κ2) is 10.7. The highest BCUT2D eigenvalue weighted by molar-refractivity contribution is 7.08. The maximum atomic E-state index is 13.6. The lowest BCUT2D eigenvalue weighted by Gasteiger charge is -2.33. The van der Waals surface area contributed by atoms with Gasteiger partial charge in [-0.25, -0.2) is 0 Å².